The van der Waals surface area contributed by atoms with Gasteiger partial charge < -0.3 is 5.32 Å². The highest BCUT2D eigenvalue weighted by molar-refractivity contribution is 4.73. The first kappa shape index (κ1) is 9.86. The van der Waals surface area contributed by atoms with E-state index in [0.29, 0.717) is 0 Å². The minimum Gasteiger partial charge on any atom is -0.315 e. The molecular weight excluding hydrogens is 162 g/mol. The topological polar surface area (TPSA) is 15.3 Å². The second-order valence-corrected chi connectivity index (χ2v) is 3.21. The lowest BCUT2D eigenvalue weighted by molar-refractivity contribution is 0.0377. The molecule has 1 aliphatic heterocycles. The summed E-state index contributed by atoms with van der Waals surface area (Å²) in [7, 11) is 0. The van der Waals surface area contributed by atoms with E-state index >= 15 is 0 Å². The van der Waals surface area contributed by atoms with Crippen LogP contribution in [0.3, 0.4) is 0 Å². The molecule has 1 saturated heterocycles. The number of hydrogen-bond acceptors (Lipinski definition) is 2. The summed E-state index contributed by atoms with van der Waals surface area (Å²) < 4.78 is 24.6. The third-order valence-electron chi connectivity index (χ3n) is 2.32. The lowest BCUT2D eigenvalue weighted by Crippen LogP contribution is -2.40. The lowest BCUT2D eigenvalue weighted by atomic mass is 10.2. The zero-order valence-corrected chi connectivity index (χ0v) is 7.39. The third-order valence-corrected chi connectivity index (χ3v) is 2.32. The molecule has 1 atom stereocenters. The van der Waals surface area contributed by atoms with E-state index in [4.69, 9.17) is 0 Å². The number of nitrogens with one attached hydrogen (secondary N) is 1. The van der Waals surface area contributed by atoms with Gasteiger partial charge in [-0.1, -0.05) is 0 Å². The summed E-state index contributed by atoms with van der Waals surface area (Å²) in [6.45, 7) is 4.91. The van der Waals surface area contributed by atoms with E-state index in [1.54, 1.807) is 6.92 Å². The molecule has 72 valence electrons. The van der Waals surface area contributed by atoms with Crippen LogP contribution in [0, 0.1) is 0 Å². The van der Waals surface area contributed by atoms with Crippen LogP contribution in [0.15, 0.2) is 0 Å². The van der Waals surface area contributed by atoms with E-state index in [0.717, 1.165) is 32.6 Å². The predicted octanol–water partition coefficient (Wildman–Crippen LogP) is 0.935. The minimum absolute atomic E-state index is 0.593. The van der Waals surface area contributed by atoms with Crippen molar-refractivity contribution in [2.75, 3.05) is 26.2 Å². The normalized spacial score (nSPS) is 24.0. The Hall–Kier alpha value is -0.220. The number of nitrogens with zero attached hydrogens (tertiary/aromatic N) is 1. The molecule has 0 radical (unpaired) electrons. The third kappa shape index (κ3) is 2.68. The maximum atomic E-state index is 12.3. The zero-order valence-electron chi connectivity index (χ0n) is 7.39. The van der Waals surface area contributed by atoms with Crippen molar-refractivity contribution >= 4 is 0 Å². The summed E-state index contributed by atoms with van der Waals surface area (Å²) in [5.41, 5.74) is 0. The molecule has 0 aromatic carbocycles. The summed E-state index contributed by atoms with van der Waals surface area (Å²) in [4.78, 5) is 1.85. The molecule has 0 aromatic rings. The molecule has 1 unspecified atom stereocenters. The van der Waals surface area contributed by atoms with Crippen molar-refractivity contribution in [3.63, 3.8) is 0 Å². The van der Waals surface area contributed by atoms with E-state index in [-0.39, 0.29) is 0 Å². The van der Waals surface area contributed by atoms with Gasteiger partial charge in [0.25, 0.3) is 6.43 Å². The standard InChI is InChI=1S/C8H16F2N2/c1-7(8(9)10)12-5-2-3-11-4-6-12/h7-8,11H,2-6H2,1H3. The highest BCUT2D eigenvalue weighted by Gasteiger charge is 2.22. The Kier molecular flexibility index (Phi) is 3.88. The van der Waals surface area contributed by atoms with Gasteiger partial charge in [-0.05, 0) is 26.4 Å². The largest absolute Gasteiger partial charge is 0.315 e. The molecule has 0 spiro atoms. The van der Waals surface area contributed by atoms with Gasteiger partial charge in [-0.3, -0.25) is 4.90 Å². The minimum atomic E-state index is -2.22. The molecule has 1 aliphatic rings. The van der Waals surface area contributed by atoms with Crippen molar-refractivity contribution in [2.24, 2.45) is 0 Å². The smallest absolute Gasteiger partial charge is 0.253 e. The maximum Gasteiger partial charge on any atom is 0.253 e. The van der Waals surface area contributed by atoms with Crippen molar-refractivity contribution in [2.45, 2.75) is 25.8 Å². The SMILES string of the molecule is CC(C(F)F)N1CCCNCC1. The van der Waals surface area contributed by atoms with Gasteiger partial charge in [-0.25, -0.2) is 8.78 Å². The van der Waals surface area contributed by atoms with E-state index in [1.165, 1.54) is 0 Å². The first-order chi connectivity index (χ1) is 5.72. The number of alkyl halides is 2. The van der Waals surface area contributed by atoms with Crippen LogP contribution in [0.2, 0.25) is 0 Å². The average molecular weight is 178 g/mol. The fourth-order valence-electron chi connectivity index (χ4n) is 1.43. The summed E-state index contributed by atoms with van der Waals surface area (Å²) in [6.07, 6.45) is -1.25. The molecule has 1 N–H and O–H groups in total. The highest BCUT2D eigenvalue weighted by Crippen LogP contribution is 2.10. The van der Waals surface area contributed by atoms with Gasteiger partial charge in [0.15, 0.2) is 0 Å². The van der Waals surface area contributed by atoms with E-state index in [1.807, 2.05) is 4.90 Å². The summed E-state index contributed by atoms with van der Waals surface area (Å²) in [5, 5.41) is 3.18. The van der Waals surface area contributed by atoms with Gasteiger partial charge in [0.2, 0.25) is 0 Å². The quantitative estimate of drug-likeness (QED) is 0.677. The van der Waals surface area contributed by atoms with Crippen LogP contribution in [0.1, 0.15) is 13.3 Å². The Labute approximate surface area is 71.9 Å². The van der Waals surface area contributed by atoms with Crippen LogP contribution in [0.4, 0.5) is 8.78 Å². The molecule has 0 bridgehead atoms. The van der Waals surface area contributed by atoms with Crippen LogP contribution in [-0.2, 0) is 0 Å². The van der Waals surface area contributed by atoms with Crippen molar-refractivity contribution in [1.82, 2.24) is 10.2 Å². The Morgan fingerprint density at radius 1 is 1.25 bits per heavy atom. The Morgan fingerprint density at radius 3 is 2.67 bits per heavy atom. The maximum absolute atomic E-state index is 12.3. The van der Waals surface area contributed by atoms with Gasteiger partial charge in [0.1, 0.15) is 0 Å². The van der Waals surface area contributed by atoms with Gasteiger partial charge in [-0.2, -0.15) is 0 Å². The molecule has 0 aromatic heterocycles. The average Bonchev–Trinajstić information content (AvgIpc) is 2.30. The van der Waals surface area contributed by atoms with Crippen molar-refractivity contribution < 1.29 is 8.78 Å². The number of rotatable bonds is 2. The summed E-state index contributed by atoms with van der Waals surface area (Å²) in [6, 6.07) is -0.593. The summed E-state index contributed by atoms with van der Waals surface area (Å²) in [5.74, 6) is 0. The second kappa shape index (κ2) is 4.72. The molecule has 1 heterocycles. The van der Waals surface area contributed by atoms with Crippen LogP contribution >= 0.6 is 0 Å². The zero-order chi connectivity index (χ0) is 8.97. The van der Waals surface area contributed by atoms with Crippen LogP contribution in [0.5, 0.6) is 0 Å². The fraction of sp³-hybridized carbons (Fsp3) is 1.00. The fourth-order valence-corrected chi connectivity index (χ4v) is 1.43. The van der Waals surface area contributed by atoms with Crippen molar-refractivity contribution in [3.05, 3.63) is 0 Å². The predicted molar refractivity (Wildman–Crippen MR) is 44.5 cm³/mol. The molecule has 12 heavy (non-hydrogen) atoms. The van der Waals surface area contributed by atoms with Crippen molar-refractivity contribution in [1.29, 1.82) is 0 Å². The number of halogens is 2. The van der Waals surface area contributed by atoms with Crippen LogP contribution in [-0.4, -0.2) is 43.5 Å². The Balaban J connectivity index is 2.37. The molecule has 0 aliphatic carbocycles. The van der Waals surface area contributed by atoms with Crippen LogP contribution < -0.4 is 5.32 Å². The summed E-state index contributed by atoms with van der Waals surface area (Å²) >= 11 is 0. The van der Waals surface area contributed by atoms with Gasteiger partial charge in [0.05, 0.1) is 6.04 Å². The van der Waals surface area contributed by atoms with E-state index in [2.05, 4.69) is 5.32 Å². The molecule has 0 saturated carbocycles. The monoisotopic (exact) mass is 178 g/mol. The van der Waals surface area contributed by atoms with Crippen LogP contribution in [0.25, 0.3) is 0 Å². The molecule has 2 nitrogen and oxygen atoms in total. The Bertz CT molecular complexity index is 122. The van der Waals surface area contributed by atoms with Crippen molar-refractivity contribution in [3.8, 4) is 0 Å². The lowest BCUT2D eigenvalue weighted by Gasteiger charge is -2.26. The molecule has 4 heteroatoms. The van der Waals surface area contributed by atoms with Gasteiger partial charge >= 0.3 is 0 Å². The molecular formula is C8H16F2N2. The van der Waals surface area contributed by atoms with E-state index in [9.17, 15) is 8.78 Å². The number of hydrogen-bond donors (Lipinski definition) is 1. The Morgan fingerprint density at radius 2 is 2.00 bits per heavy atom. The molecule has 1 rings (SSSR count). The van der Waals surface area contributed by atoms with E-state index < -0.39 is 12.5 Å². The van der Waals surface area contributed by atoms with Gasteiger partial charge in [-0.15, -0.1) is 0 Å². The first-order valence-electron chi connectivity index (χ1n) is 4.44. The molecule has 0 amide bonds. The first-order valence-corrected chi connectivity index (χ1v) is 4.44. The highest BCUT2D eigenvalue weighted by atomic mass is 19.3. The second-order valence-electron chi connectivity index (χ2n) is 3.21. The molecule has 1 fully saturated rings. The van der Waals surface area contributed by atoms with Gasteiger partial charge in [0, 0.05) is 13.1 Å².